The van der Waals surface area contributed by atoms with Gasteiger partial charge in [0, 0.05) is 6.54 Å². The van der Waals surface area contributed by atoms with Crippen molar-refractivity contribution >= 4 is 12.0 Å². The number of carbonyl (C=O) groups excluding carboxylic acids is 2. The topological polar surface area (TPSA) is 67.9 Å². The maximum absolute atomic E-state index is 12.7. The molecule has 30 heavy (non-hydrogen) atoms. The summed E-state index contributed by atoms with van der Waals surface area (Å²) in [6.45, 7) is 1.35. The highest BCUT2D eigenvalue weighted by Gasteiger charge is 2.55. The number of ether oxygens (including phenoxy) is 2. The van der Waals surface area contributed by atoms with Crippen molar-refractivity contribution in [1.29, 1.82) is 0 Å². The van der Waals surface area contributed by atoms with Crippen molar-refractivity contribution in [3.05, 3.63) is 71.8 Å². The molecule has 2 aliphatic rings. The summed E-state index contributed by atoms with van der Waals surface area (Å²) in [7, 11) is 0. The summed E-state index contributed by atoms with van der Waals surface area (Å²) in [5.74, 6) is -0.132. The molecule has 158 valence electrons. The summed E-state index contributed by atoms with van der Waals surface area (Å²) in [6.07, 6.45) is 3.26. The van der Waals surface area contributed by atoms with Gasteiger partial charge in [-0.05, 0) is 36.8 Å². The first-order chi connectivity index (χ1) is 14.7. The van der Waals surface area contributed by atoms with E-state index in [1.807, 2.05) is 60.7 Å². The molecule has 1 N–H and O–H groups in total. The molecular weight excluding hydrogens is 380 g/mol. The van der Waals surface area contributed by atoms with Crippen LogP contribution in [0.4, 0.5) is 4.79 Å². The van der Waals surface area contributed by atoms with Crippen LogP contribution in [0.3, 0.4) is 0 Å². The maximum Gasteiger partial charge on any atom is 0.410 e. The Hall–Kier alpha value is -2.86. The Bertz CT molecular complexity index is 852. The van der Waals surface area contributed by atoms with E-state index in [1.54, 1.807) is 4.90 Å². The largest absolute Gasteiger partial charge is 0.445 e. The Morgan fingerprint density at radius 3 is 2.23 bits per heavy atom. The van der Waals surface area contributed by atoms with E-state index in [1.165, 1.54) is 0 Å². The zero-order valence-corrected chi connectivity index (χ0v) is 17.1. The highest BCUT2D eigenvalue weighted by molar-refractivity contribution is 5.79. The second-order valence-electron chi connectivity index (χ2n) is 8.07. The Morgan fingerprint density at radius 1 is 0.967 bits per heavy atom. The maximum atomic E-state index is 12.7. The van der Waals surface area contributed by atoms with Crippen LogP contribution < -0.4 is 5.32 Å². The Balaban J connectivity index is 1.27. The van der Waals surface area contributed by atoms with E-state index in [0.29, 0.717) is 13.2 Å². The van der Waals surface area contributed by atoms with Crippen LogP contribution in [-0.4, -0.2) is 41.6 Å². The van der Waals surface area contributed by atoms with Crippen LogP contribution in [0.1, 0.15) is 36.8 Å². The lowest BCUT2D eigenvalue weighted by atomic mass is 10.0. The molecule has 0 radical (unpaired) electrons. The number of hydrogen-bond donors (Lipinski definition) is 1. The molecule has 6 heteroatoms. The highest BCUT2D eigenvalue weighted by Crippen LogP contribution is 2.45. The third-order valence-corrected chi connectivity index (χ3v) is 5.85. The molecule has 1 heterocycles. The van der Waals surface area contributed by atoms with Gasteiger partial charge in [-0.15, -0.1) is 0 Å². The van der Waals surface area contributed by atoms with Gasteiger partial charge >= 0.3 is 6.09 Å². The first-order valence-corrected chi connectivity index (χ1v) is 10.6. The Labute approximate surface area is 177 Å². The van der Waals surface area contributed by atoms with E-state index in [2.05, 4.69) is 5.32 Å². The molecule has 0 spiro atoms. The van der Waals surface area contributed by atoms with Crippen LogP contribution in [0.25, 0.3) is 0 Å². The van der Waals surface area contributed by atoms with Gasteiger partial charge in [0.2, 0.25) is 5.91 Å². The third kappa shape index (κ3) is 5.00. The van der Waals surface area contributed by atoms with Gasteiger partial charge in [-0.25, -0.2) is 4.79 Å². The molecule has 1 saturated heterocycles. The zero-order valence-electron chi connectivity index (χ0n) is 17.1. The van der Waals surface area contributed by atoms with Gasteiger partial charge in [0.05, 0.1) is 18.2 Å². The molecule has 1 aliphatic heterocycles. The number of rotatable bonds is 8. The zero-order chi connectivity index (χ0) is 20.8. The highest BCUT2D eigenvalue weighted by atomic mass is 16.6. The number of carbonyl (C=O) groups is 2. The fraction of sp³-hybridized carbons (Fsp3) is 0.417. The monoisotopic (exact) mass is 408 g/mol. The Kier molecular flexibility index (Phi) is 6.33. The number of nitrogens with one attached hydrogen (secondary N) is 1. The molecule has 1 aliphatic carbocycles. The predicted molar refractivity (Wildman–Crippen MR) is 113 cm³/mol. The van der Waals surface area contributed by atoms with Crippen LogP contribution in [0.15, 0.2) is 60.7 Å². The lowest BCUT2D eigenvalue weighted by molar-refractivity contribution is -0.127. The van der Waals surface area contributed by atoms with Gasteiger partial charge in [0.15, 0.2) is 0 Å². The van der Waals surface area contributed by atoms with E-state index < -0.39 is 0 Å². The van der Waals surface area contributed by atoms with Gasteiger partial charge in [-0.1, -0.05) is 60.7 Å². The average Bonchev–Trinajstić information content (AvgIpc) is 3.36. The van der Waals surface area contributed by atoms with Crippen LogP contribution >= 0.6 is 0 Å². The van der Waals surface area contributed by atoms with Gasteiger partial charge in [0.25, 0.3) is 0 Å². The van der Waals surface area contributed by atoms with Crippen molar-refractivity contribution in [3.63, 3.8) is 0 Å². The van der Waals surface area contributed by atoms with Crippen LogP contribution in [-0.2, 0) is 27.5 Å². The van der Waals surface area contributed by atoms with Gasteiger partial charge in [0.1, 0.15) is 13.2 Å². The van der Waals surface area contributed by atoms with Crippen LogP contribution in [0, 0.1) is 0 Å². The number of nitrogens with zero attached hydrogens (tertiary/aromatic N) is 1. The summed E-state index contributed by atoms with van der Waals surface area (Å²) >= 11 is 0. The van der Waals surface area contributed by atoms with E-state index >= 15 is 0 Å². The number of amides is 2. The van der Waals surface area contributed by atoms with Gasteiger partial charge in [-0.2, -0.15) is 0 Å². The quantitative estimate of drug-likeness (QED) is 0.724. The van der Waals surface area contributed by atoms with Crippen molar-refractivity contribution in [2.75, 3.05) is 13.2 Å². The predicted octanol–water partition coefficient (Wildman–Crippen LogP) is 3.65. The first-order valence-electron chi connectivity index (χ1n) is 10.6. The number of likely N-dealkylation sites (tertiary alicyclic amines) is 1. The molecule has 1 unspecified atom stereocenters. The molecule has 0 aromatic heterocycles. The third-order valence-electron chi connectivity index (χ3n) is 5.85. The first kappa shape index (κ1) is 20.4. The molecule has 2 aromatic carbocycles. The van der Waals surface area contributed by atoms with Gasteiger partial charge in [-0.3, -0.25) is 4.79 Å². The fourth-order valence-electron chi connectivity index (χ4n) is 4.19. The van der Waals surface area contributed by atoms with Crippen molar-refractivity contribution in [3.8, 4) is 0 Å². The smallest absolute Gasteiger partial charge is 0.410 e. The molecule has 0 bridgehead atoms. The number of hydrogen-bond acceptors (Lipinski definition) is 4. The van der Waals surface area contributed by atoms with E-state index in [0.717, 1.165) is 36.8 Å². The molecule has 4 rings (SSSR count). The molecular formula is C24H28N2O4. The number of benzene rings is 2. The summed E-state index contributed by atoms with van der Waals surface area (Å²) in [4.78, 5) is 26.9. The average molecular weight is 408 g/mol. The molecule has 1 atom stereocenters. The van der Waals surface area contributed by atoms with Crippen molar-refractivity contribution in [2.24, 2.45) is 0 Å². The molecule has 2 amide bonds. The molecule has 1 saturated carbocycles. The van der Waals surface area contributed by atoms with Crippen LogP contribution in [0.2, 0.25) is 0 Å². The fourth-order valence-corrected chi connectivity index (χ4v) is 4.19. The summed E-state index contributed by atoms with van der Waals surface area (Å²) in [6, 6.07) is 19.4. The normalized spacial score (nSPS) is 19.3. The second-order valence-corrected chi connectivity index (χ2v) is 8.07. The Morgan fingerprint density at radius 2 is 1.60 bits per heavy atom. The van der Waals surface area contributed by atoms with E-state index in [4.69, 9.17) is 9.47 Å². The minimum Gasteiger partial charge on any atom is -0.445 e. The summed E-state index contributed by atoms with van der Waals surface area (Å²) < 4.78 is 11.1. The van der Waals surface area contributed by atoms with Crippen molar-refractivity contribution in [2.45, 2.75) is 50.5 Å². The summed E-state index contributed by atoms with van der Waals surface area (Å²) in [5, 5.41) is 3.14. The van der Waals surface area contributed by atoms with E-state index in [9.17, 15) is 9.59 Å². The standard InChI is InChI=1S/C24H28N2O4/c27-22(18-29-16-19-8-3-1-4-9-19)25-24(13-14-24)21-12-7-15-26(21)23(28)30-17-20-10-5-2-6-11-20/h1-6,8-11,21H,7,12-18H2,(H,25,27). The lowest BCUT2D eigenvalue weighted by Gasteiger charge is -2.32. The molecule has 2 fully saturated rings. The van der Waals surface area contributed by atoms with Gasteiger partial charge < -0.3 is 19.7 Å². The minimum absolute atomic E-state index is 0.0150. The molecule has 2 aromatic rings. The van der Waals surface area contributed by atoms with Crippen molar-refractivity contribution in [1.82, 2.24) is 10.2 Å². The van der Waals surface area contributed by atoms with Crippen molar-refractivity contribution < 1.29 is 19.1 Å². The lowest BCUT2D eigenvalue weighted by Crippen LogP contribution is -2.53. The van der Waals surface area contributed by atoms with E-state index in [-0.39, 0.29) is 36.8 Å². The SMILES string of the molecule is O=C(COCc1ccccc1)NC1(C2CCCN2C(=O)OCc2ccccc2)CC1. The molecule has 6 nitrogen and oxygen atoms in total. The van der Waals surface area contributed by atoms with Crippen LogP contribution in [0.5, 0.6) is 0 Å². The summed E-state index contributed by atoms with van der Waals surface area (Å²) in [5.41, 5.74) is 1.66. The second kappa shape index (κ2) is 9.30. The minimum atomic E-state index is -0.338.